The second-order valence-corrected chi connectivity index (χ2v) is 6.81. The maximum Gasteiger partial charge on any atom is 0.416 e. The summed E-state index contributed by atoms with van der Waals surface area (Å²) < 4.78 is 49.7. The summed E-state index contributed by atoms with van der Waals surface area (Å²) in [5.41, 5.74) is -0.0577. The van der Waals surface area contributed by atoms with E-state index in [1.807, 2.05) is 0 Å². The molecule has 3 aromatic rings. The van der Waals surface area contributed by atoms with E-state index < -0.39 is 29.2 Å². The van der Waals surface area contributed by atoms with Crippen molar-refractivity contribution in [3.8, 4) is 22.8 Å². The lowest BCUT2D eigenvalue weighted by atomic mass is 10.1. The Labute approximate surface area is 174 Å². The van der Waals surface area contributed by atoms with Gasteiger partial charge in [-0.1, -0.05) is 0 Å². The standard InChI is InChI=1S/C21H16F3N3O4/c1-12(20(29)25-15-5-3-14(4-6-15)21(22,23)24)27-19(28)9-7-16(26-27)13-2-8-17-18(10-13)31-11-30-17/h2-10,12H,11H2,1H3,(H,25,29). The Bertz CT molecular complexity index is 1190. The van der Waals surface area contributed by atoms with Crippen LogP contribution < -0.4 is 20.3 Å². The van der Waals surface area contributed by atoms with Crippen LogP contribution in [0.15, 0.2) is 59.4 Å². The third-order valence-corrected chi connectivity index (χ3v) is 4.72. The van der Waals surface area contributed by atoms with Crippen molar-refractivity contribution in [2.45, 2.75) is 19.1 Å². The molecule has 2 heterocycles. The summed E-state index contributed by atoms with van der Waals surface area (Å²) in [5.74, 6) is 0.545. The highest BCUT2D eigenvalue weighted by atomic mass is 19.4. The van der Waals surface area contributed by atoms with E-state index in [2.05, 4.69) is 10.4 Å². The Kier molecular flexibility index (Phi) is 5.14. The predicted octanol–water partition coefficient (Wildman–Crippen LogP) is 3.86. The highest BCUT2D eigenvalue weighted by Crippen LogP contribution is 2.35. The third kappa shape index (κ3) is 4.23. The average molecular weight is 431 g/mol. The van der Waals surface area contributed by atoms with Gasteiger partial charge in [-0.15, -0.1) is 0 Å². The molecule has 1 atom stereocenters. The van der Waals surface area contributed by atoms with Crippen LogP contribution in [0.2, 0.25) is 0 Å². The molecule has 2 aromatic carbocycles. The molecule has 4 rings (SSSR count). The number of nitrogens with one attached hydrogen (secondary N) is 1. The smallest absolute Gasteiger partial charge is 0.416 e. The molecule has 0 bridgehead atoms. The van der Waals surface area contributed by atoms with Crippen LogP contribution >= 0.6 is 0 Å². The van der Waals surface area contributed by atoms with E-state index in [9.17, 15) is 22.8 Å². The molecule has 0 saturated carbocycles. The Hall–Kier alpha value is -3.82. The molecular formula is C21H16F3N3O4. The highest BCUT2D eigenvalue weighted by molar-refractivity contribution is 5.93. The summed E-state index contributed by atoms with van der Waals surface area (Å²) in [5, 5.41) is 6.77. The Morgan fingerprint density at radius 3 is 2.48 bits per heavy atom. The fourth-order valence-electron chi connectivity index (χ4n) is 3.01. The number of hydrogen-bond donors (Lipinski definition) is 1. The lowest BCUT2D eigenvalue weighted by molar-refractivity contribution is -0.137. The van der Waals surface area contributed by atoms with E-state index in [0.717, 1.165) is 28.9 Å². The summed E-state index contributed by atoms with van der Waals surface area (Å²) in [4.78, 5) is 24.9. The molecule has 0 saturated heterocycles. The molecule has 1 amide bonds. The van der Waals surface area contributed by atoms with Crippen molar-refractivity contribution in [2.24, 2.45) is 0 Å². The van der Waals surface area contributed by atoms with Crippen molar-refractivity contribution in [1.29, 1.82) is 0 Å². The Morgan fingerprint density at radius 2 is 1.77 bits per heavy atom. The predicted molar refractivity (Wildman–Crippen MR) is 105 cm³/mol. The van der Waals surface area contributed by atoms with Gasteiger partial charge in [0.15, 0.2) is 11.5 Å². The van der Waals surface area contributed by atoms with E-state index in [1.165, 1.54) is 19.1 Å². The number of halogens is 3. The van der Waals surface area contributed by atoms with Gasteiger partial charge in [0.25, 0.3) is 5.56 Å². The van der Waals surface area contributed by atoms with Crippen molar-refractivity contribution < 1.29 is 27.4 Å². The Balaban J connectivity index is 1.55. The second kappa shape index (κ2) is 7.78. The van der Waals surface area contributed by atoms with Gasteiger partial charge in [0.2, 0.25) is 12.7 Å². The maximum absolute atomic E-state index is 12.7. The molecule has 1 aromatic heterocycles. The minimum atomic E-state index is -4.47. The van der Waals surface area contributed by atoms with Gasteiger partial charge in [0, 0.05) is 17.3 Å². The number of rotatable bonds is 4. The van der Waals surface area contributed by atoms with Crippen molar-refractivity contribution in [3.05, 3.63) is 70.5 Å². The first kappa shape index (κ1) is 20.5. The molecule has 1 aliphatic rings. The van der Waals surface area contributed by atoms with Gasteiger partial charge in [0.1, 0.15) is 6.04 Å². The molecule has 31 heavy (non-hydrogen) atoms. The number of alkyl halides is 3. The van der Waals surface area contributed by atoms with E-state index >= 15 is 0 Å². The number of nitrogens with zero attached hydrogens (tertiary/aromatic N) is 2. The lowest BCUT2D eigenvalue weighted by Gasteiger charge is -2.15. The topological polar surface area (TPSA) is 82.5 Å². The molecule has 10 heteroatoms. The summed E-state index contributed by atoms with van der Waals surface area (Å²) in [6, 6.07) is 11.0. The number of amides is 1. The number of carbonyl (C=O) groups is 1. The van der Waals surface area contributed by atoms with Crippen molar-refractivity contribution in [2.75, 3.05) is 12.1 Å². The van der Waals surface area contributed by atoms with E-state index in [0.29, 0.717) is 22.8 Å². The van der Waals surface area contributed by atoms with Crippen LogP contribution in [0.4, 0.5) is 18.9 Å². The number of hydrogen-bond acceptors (Lipinski definition) is 5. The molecule has 1 aliphatic heterocycles. The van der Waals surface area contributed by atoms with Gasteiger partial charge in [0.05, 0.1) is 11.3 Å². The van der Waals surface area contributed by atoms with Gasteiger partial charge in [-0.25, -0.2) is 4.68 Å². The summed E-state index contributed by atoms with van der Waals surface area (Å²) >= 11 is 0. The zero-order chi connectivity index (χ0) is 22.2. The summed E-state index contributed by atoms with van der Waals surface area (Å²) in [6.45, 7) is 1.59. The maximum atomic E-state index is 12.7. The van der Waals surface area contributed by atoms with Crippen molar-refractivity contribution in [3.63, 3.8) is 0 Å². The minimum absolute atomic E-state index is 0.118. The molecule has 0 aliphatic carbocycles. The first-order valence-corrected chi connectivity index (χ1v) is 9.20. The van der Waals surface area contributed by atoms with Crippen LogP contribution in [0.5, 0.6) is 11.5 Å². The van der Waals surface area contributed by atoms with Crippen LogP contribution in [0.25, 0.3) is 11.3 Å². The molecule has 0 fully saturated rings. The quantitative estimate of drug-likeness (QED) is 0.679. The van der Waals surface area contributed by atoms with Gasteiger partial charge < -0.3 is 14.8 Å². The largest absolute Gasteiger partial charge is 0.454 e. The summed E-state index contributed by atoms with van der Waals surface area (Å²) in [6.07, 6.45) is -4.47. The fraction of sp³-hybridized carbons (Fsp3) is 0.190. The van der Waals surface area contributed by atoms with Crippen molar-refractivity contribution in [1.82, 2.24) is 9.78 Å². The van der Waals surface area contributed by atoms with Crippen LogP contribution in [-0.2, 0) is 11.0 Å². The summed E-state index contributed by atoms with van der Waals surface area (Å²) in [7, 11) is 0. The molecule has 1 N–H and O–H groups in total. The van der Waals surface area contributed by atoms with E-state index in [-0.39, 0.29) is 12.5 Å². The molecule has 1 unspecified atom stereocenters. The second-order valence-electron chi connectivity index (χ2n) is 6.81. The lowest BCUT2D eigenvalue weighted by Crippen LogP contribution is -2.33. The number of ether oxygens (including phenoxy) is 2. The minimum Gasteiger partial charge on any atom is -0.454 e. The molecule has 7 nitrogen and oxygen atoms in total. The molecule has 0 radical (unpaired) electrons. The SMILES string of the molecule is CC(C(=O)Nc1ccc(C(F)(F)F)cc1)n1nc(-c2ccc3c(c2)OCO3)ccc1=O. The van der Waals surface area contributed by atoms with Gasteiger partial charge >= 0.3 is 6.18 Å². The zero-order valence-electron chi connectivity index (χ0n) is 16.1. The van der Waals surface area contributed by atoms with Gasteiger partial charge in [-0.3, -0.25) is 9.59 Å². The number of carbonyl (C=O) groups excluding carboxylic acids is 1. The Morgan fingerprint density at radius 1 is 1.06 bits per heavy atom. The average Bonchev–Trinajstić information content (AvgIpc) is 3.21. The first-order valence-electron chi connectivity index (χ1n) is 9.20. The van der Waals surface area contributed by atoms with E-state index in [1.54, 1.807) is 18.2 Å². The van der Waals surface area contributed by atoms with Crippen LogP contribution in [0, 0.1) is 0 Å². The van der Waals surface area contributed by atoms with E-state index in [4.69, 9.17) is 9.47 Å². The number of benzene rings is 2. The van der Waals surface area contributed by atoms with Gasteiger partial charge in [-0.05, 0) is 55.5 Å². The zero-order valence-corrected chi connectivity index (χ0v) is 16.1. The molecular weight excluding hydrogens is 415 g/mol. The van der Waals surface area contributed by atoms with Crippen molar-refractivity contribution >= 4 is 11.6 Å². The monoisotopic (exact) mass is 431 g/mol. The van der Waals surface area contributed by atoms with Crippen LogP contribution in [0.1, 0.15) is 18.5 Å². The fourth-order valence-corrected chi connectivity index (χ4v) is 3.01. The molecule has 0 spiro atoms. The molecule has 160 valence electrons. The third-order valence-electron chi connectivity index (χ3n) is 4.72. The van der Waals surface area contributed by atoms with Gasteiger partial charge in [-0.2, -0.15) is 18.3 Å². The normalized spacial score (nSPS) is 13.7. The first-order chi connectivity index (χ1) is 14.7. The number of aromatic nitrogens is 2. The number of fused-ring (bicyclic) bond motifs is 1. The van der Waals surface area contributed by atoms with Crippen LogP contribution in [-0.4, -0.2) is 22.5 Å². The van der Waals surface area contributed by atoms with Crippen LogP contribution in [0.3, 0.4) is 0 Å². The highest BCUT2D eigenvalue weighted by Gasteiger charge is 2.30. The number of anilines is 1.